The van der Waals surface area contributed by atoms with Gasteiger partial charge in [-0.1, -0.05) is 13.5 Å². The number of pyridine rings is 1. The molecule has 184 valence electrons. The van der Waals surface area contributed by atoms with Gasteiger partial charge >= 0.3 is 0 Å². The van der Waals surface area contributed by atoms with Gasteiger partial charge < -0.3 is 10.3 Å². The molecule has 0 saturated heterocycles. The van der Waals surface area contributed by atoms with Gasteiger partial charge in [0.05, 0.1) is 6.34 Å². The maximum Gasteiger partial charge on any atom is 0.298 e. The van der Waals surface area contributed by atoms with Crippen molar-refractivity contribution in [3.05, 3.63) is 71.6 Å². The van der Waals surface area contributed by atoms with Crippen LogP contribution in [0.25, 0.3) is 27.2 Å². The number of nitrogens with zero attached hydrogens (tertiary/aromatic N) is 2. The Bertz CT molecular complexity index is 1690. The highest BCUT2D eigenvalue weighted by molar-refractivity contribution is 7.84. The number of primary sulfonamides is 1. The molecule has 5 rings (SSSR count). The van der Waals surface area contributed by atoms with E-state index in [1.165, 1.54) is 17.5 Å². The molecular formula is C24H20F2N5O3S2+. The fourth-order valence-corrected chi connectivity index (χ4v) is 6.22. The van der Waals surface area contributed by atoms with Gasteiger partial charge in [0, 0.05) is 51.1 Å². The molecule has 0 aliphatic carbocycles. The van der Waals surface area contributed by atoms with Crippen molar-refractivity contribution in [1.29, 1.82) is 0 Å². The van der Waals surface area contributed by atoms with Crippen LogP contribution in [0.4, 0.5) is 19.5 Å². The Morgan fingerprint density at radius 3 is 2.81 bits per heavy atom. The first-order valence-electron chi connectivity index (χ1n) is 10.9. The molecule has 1 aliphatic rings. The molecule has 0 bridgehead atoms. The van der Waals surface area contributed by atoms with Crippen LogP contribution in [0, 0.1) is 11.6 Å². The molecule has 12 heteroatoms. The number of nitrogens with one attached hydrogen (secondary N) is 2. The Labute approximate surface area is 208 Å². The van der Waals surface area contributed by atoms with Gasteiger partial charge in [0.25, 0.3) is 10.0 Å². The summed E-state index contributed by atoms with van der Waals surface area (Å²) >= 11 is 1.42. The lowest BCUT2D eigenvalue weighted by atomic mass is 10.0. The second-order valence-corrected chi connectivity index (χ2v) is 11.2. The van der Waals surface area contributed by atoms with Crippen LogP contribution in [0.3, 0.4) is 0 Å². The largest absolute Gasteiger partial charge is 0.346 e. The number of aromatic amines is 1. The third-order valence-electron chi connectivity index (χ3n) is 5.66. The van der Waals surface area contributed by atoms with Gasteiger partial charge in [0.1, 0.15) is 27.8 Å². The fraction of sp³-hybridized carbons (Fsp3) is 0.125. The average molecular weight is 529 g/mol. The molecule has 1 aliphatic heterocycles. The molecule has 0 unspecified atom stereocenters. The number of benzene rings is 1. The minimum Gasteiger partial charge on any atom is -0.346 e. The Kier molecular flexibility index (Phi) is 6.02. The Morgan fingerprint density at radius 2 is 2.06 bits per heavy atom. The summed E-state index contributed by atoms with van der Waals surface area (Å²) in [7, 11) is -3.73. The minimum absolute atomic E-state index is 0.0103. The predicted molar refractivity (Wildman–Crippen MR) is 135 cm³/mol. The maximum atomic E-state index is 15.3. The number of hydrogen-bond donors (Lipinski definition) is 3. The van der Waals surface area contributed by atoms with E-state index in [0.29, 0.717) is 28.7 Å². The number of ketones is 1. The number of aliphatic imine (C=N–C) groups is 1. The molecule has 1 aromatic carbocycles. The Hall–Kier alpha value is -3.74. The first-order valence-corrected chi connectivity index (χ1v) is 13.4. The van der Waals surface area contributed by atoms with E-state index in [4.69, 9.17) is 0 Å². The highest BCUT2D eigenvalue weighted by Crippen LogP contribution is 2.41. The normalized spacial score (nSPS) is 13.1. The van der Waals surface area contributed by atoms with Crippen molar-refractivity contribution in [2.75, 3.05) is 5.75 Å². The van der Waals surface area contributed by atoms with E-state index < -0.39 is 33.0 Å². The van der Waals surface area contributed by atoms with Gasteiger partial charge in [0.15, 0.2) is 11.5 Å². The molecule has 0 amide bonds. The van der Waals surface area contributed by atoms with Crippen LogP contribution in [0.15, 0.2) is 48.2 Å². The zero-order valence-corrected chi connectivity index (χ0v) is 20.6. The van der Waals surface area contributed by atoms with Crippen molar-refractivity contribution in [2.24, 2.45) is 4.99 Å². The summed E-state index contributed by atoms with van der Waals surface area (Å²) in [6.07, 6.45) is 4.85. The smallest absolute Gasteiger partial charge is 0.298 e. The zero-order chi connectivity index (χ0) is 25.6. The second-order valence-electron chi connectivity index (χ2n) is 8.17. The molecule has 3 aromatic heterocycles. The Morgan fingerprint density at radius 1 is 1.25 bits per heavy atom. The van der Waals surface area contributed by atoms with Gasteiger partial charge in [-0.3, -0.25) is 4.79 Å². The highest BCUT2D eigenvalue weighted by Gasteiger charge is 2.28. The summed E-state index contributed by atoms with van der Waals surface area (Å²) in [5, 5.41) is 4.09. The average Bonchev–Trinajstić information content (AvgIpc) is 3.45. The maximum absolute atomic E-state index is 15.3. The van der Waals surface area contributed by atoms with Gasteiger partial charge in [-0.2, -0.15) is 12.8 Å². The summed E-state index contributed by atoms with van der Waals surface area (Å²) in [4.78, 5) is 25.7. The molecular weight excluding hydrogens is 508 g/mol. The van der Waals surface area contributed by atoms with Gasteiger partial charge in [0.2, 0.25) is 5.78 Å². The van der Waals surface area contributed by atoms with Crippen molar-refractivity contribution >= 4 is 60.9 Å². The number of sulfonamides is 1. The molecule has 0 saturated carbocycles. The van der Waals surface area contributed by atoms with E-state index in [9.17, 15) is 17.6 Å². The molecule has 0 fully saturated rings. The van der Waals surface area contributed by atoms with E-state index in [1.807, 2.05) is 6.07 Å². The third kappa shape index (κ3) is 4.23. The number of carbonyl (C=O) groups excluding carboxylic acids is 1. The van der Waals surface area contributed by atoms with E-state index in [0.717, 1.165) is 32.3 Å². The summed E-state index contributed by atoms with van der Waals surface area (Å²) in [6, 6.07) is 5.51. The summed E-state index contributed by atoms with van der Waals surface area (Å²) < 4.78 is 55.0. The number of hydrogen-bond acceptors (Lipinski definition) is 7. The SMILES string of the molecule is C=C1NC=Nc2sc(-c3cnc4[nH]cc(C(=O)c5c(F)ccc([NH2+]S(=O)(=O)CCC)c5F)c4c3)cc21. The second kappa shape index (κ2) is 9.04. The molecule has 36 heavy (non-hydrogen) atoms. The molecule has 8 nitrogen and oxygen atoms in total. The Balaban J connectivity index is 1.56. The molecule has 0 atom stereocenters. The van der Waals surface area contributed by atoms with Crippen molar-refractivity contribution < 1.29 is 26.7 Å². The molecule has 4 N–H and O–H groups in total. The molecule has 0 spiro atoms. The molecule has 4 aromatic rings. The van der Waals surface area contributed by atoms with E-state index >= 15 is 4.39 Å². The summed E-state index contributed by atoms with van der Waals surface area (Å²) in [6.45, 7) is 5.63. The van der Waals surface area contributed by atoms with Crippen LogP contribution < -0.4 is 10.0 Å². The number of H-pyrrole nitrogens is 1. The van der Waals surface area contributed by atoms with E-state index in [-0.39, 0.29) is 17.0 Å². The summed E-state index contributed by atoms with van der Waals surface area (Å²) in [5.41, 5.74) is 1.41. The topological polar surface area (TPSA) is 121 Å². The van der Waals surface area contributed by atoms with Crippen molar-refractivity contribution in [3.8, 4) is 10.4 Å². The number of halogens is 2. The van der Waals surface area contributed by atoms with Gasteiger partial charge in [-0.05, 0) is 24.6 Å². The van der Waals surface area contributed by atoms with Gasteiger partial charge in [-0.15, -0.1) is 11.3 Å². The lowest BCUT2D eigenvalue weighted by Crippen LogP contribution is -2.82. The molecule has 4 heterocycles. The number of quaternary nitrogens is 1. The van der Waals surface area contributed by atoms with Crippen molar-refractivity contribution in [1.82, 2.24) is 15.3 Å². The van der Waals surface area contributed by atoms with Crippen LogP contribution in [0.2, 0.25) is 0 Å². The number of thiophene rings is 1. The van der Waals surface area contributed by atoms with Crippen LogP contribution in [0.1, 0.15) is 34.8 Å². The first kappa shape index (κ1) is 24.0. The van der Waals surface area contributed by atoms with Crippen molar-refractivity contribution in [3.63, 3.8) is 0 Å². The standard InChI is InChI=1S/C24H19F2N5O3S2/c1-3-6-36(33,34)31-18-5-4-17(25)20(21(18)26)22(32)16-10-28-23-15(16)7-13(9-27-23)19-8-14-12(2)29-11-30-24(14)35-19/h4-5,7-11,31H,2-3,6H2,1H3,(H,27,28)(H,29,30)/p+1. The monoisotopic (exact) mass is 528 g/mol. The van der Waals surface area contributed by atoms with E-state index in [1.54, 1.807) is 25.5 Å². The quantitative estimate of drug-likeness (QED) is 0.248. The lowest BCUT2D eigenvalue weighted by Gasteiger charge is -2.08. The van der Waals surface area contributed by atoms with E-state index in [2.05, 4.69) is 26.9 Å². The fourth-order valence-electron chi connectivity index (χ4n) is 3.95. The predicted octanol–water partition coefficient (Wildman–Crippen LogP) is 3.97. The molecule has 0 radical (unpaired) electrons. The zero-order valence-electron chi connectivity index (χ0n) is 18.9. The number of fused-ring (bicyclic) bond motifs is 2. The van der Waals surface area contributed by atoms with Crippen LogP contribution >= 0.6 is 11.3 Å². The number of rotatable bonds is 7. The highest BCUT2D eigenvalue weighted by atomic mass is 32.2. The van der Waals surface area contributed by atoms with Crippen LogP contribution in [-0.2, 0) is 10.0 Å². The lowest BCUT2D eigenvalue weighted by molar-refractivity contribution is -0.400. The van der Waals surface area contributed by atoms with Crippen LogP contribution in [0.5, 0.6) is 0 Å². The number of aromatic nitrogens is 2. The summed E-state index contributed by atoms with van der Waals surface area (Å²) in [5.74, 6) is -3.43. The van der Waals surface area contributed by atoms with Gasteiger partial charge in [-0.25, -0.2) is 19.1 Å². The minimum atomic E-state index is -3.73. The number of nitrogens with two attached hydrogens (primary N) is 1. The first-order chi connectivity index (χ1) is 17.2. The van der Waals surface area contributed by atoms with Crippen molar-refractivity contribution in [2.45, 2.75) is 13.3 Å². The third-order valence-corrected chi connectivity index (χ3v) is 8.34. The number of carbonyl (C=O) groups is 1. The van der Waals surface area contributed by atoms with Crippen LogP contribution in [-0.4, -0.2) is 36.3 Å².